The average molecular weight is 386 g/mol. The van der Waals surface area contributed by atoms with Gasteiger partial charge in [0, 0.05) is 17.3 Å². The monoisotopic (exact) mass is 386 g/mol. The second-order valence-electron chi connectivity index (χ2n) is 7.83. The molecule has 1 spiro atoms. The predicted molar refractivity (Wildman–Crippen MR) is 105 cm³/mol. The molecule has 3 rings (SSSR count). The Morgan fingerprint density at radius 2 is 1.86 bits per heavy atom. The fraction of sp³-hybridized carbons (Fsp3) is 0.500. The molecule has 1 saturated carbocycles. The summed E-state index contributed by atoms with van der Waals surface area (Å²) >= 11 is 0. The molecule has 1 saturated heterocycles. The number of urea groups is 1. The Bertz CT molecular complexity index is 827. The molecular formula is C20H26N4O4. The lowest BCUT2D eigenvalue weighted by Gasteiger charge is -2.20. The van der Waals surface area contributed by atoms with Gasteiger partial charge in [0.15, 0.2) is 0 Å². The number of benzene rings is 1. The molecule has 0 unspecified atom stereocenters. The molecule has 0 atom stereocenters. The first-order chi connectivity index (χ1) is 13.2. The molecule has 2 fully saturated rings. The molecule has 1 aliphatic heterocycles. The van der Waals surface area contributed by atoms with Gasteiger partial charge in [-0.2, -0.15) is 0 Å². The molecule has 8 heteroatoms. The predicted octanol–water partition coefficient (Wildman–Crippen LogP) is 2.39. The van der Waals surface area contributed by atoms with E-state index in [-0.39, 0.29) is 24.3 Å². The maximum Gasteiger partial charge on any atom is 0.325 e. The highest BCUT2D eigenvalue weighted by molar-refractivity contribution is 6.10. The Hall–Kier alpha value is -2.90. The van der Waals surface area contributed by atoms with E-state index in [9.17, 15) is 19.2 Å². The minimum absolute atomic E-state index is 0.123. The van der Waals surface area contributed by atoms with E-state index in [0.29, 0.717) is 24.2 Å². The molecule has 28 heavy (non-hydrogen) atoms. The summed E-state index contributed by atoms with van der Waals surface area (Å²) in [5.41, 5.74) is 1.07. The lowest BCUT2D eigenvalue weighted by Crippen LogP contribution is -2.44. The van der Waals surface area contributed by atoms with Crippen LogP contribution in [0.3, 0.4) is 0 Å². The van der Waals surface area contributed by atoms with Crippen LogP contribution in [0.2, 0.25) is 0 Å². The van der Waals surface area contributed by atoms with Crippen molar-refractivity contribution < 1.29 is 19.2 Å². The van der Waals surface area contributed by atoms with E-state index >= 15 is 0 Å². The van der Waals surface area contributed by atoms with E-state index in [1.54, 1.807) is 32.0 Å². The Morgan fingerprint density at radius 1 is 1.18 bits per heavy atom. The molecule has 1 aliphatic carbocycles. The van der Waals surface area contributed by atoms with E-state index in [0.717, 1.165) is 23.3 Å². The van der Waals surface area contributed by atoms with Gasteiger partial charge in [0.25, 0.3) is 5.91 Å². The minimum Gasteiger partial charge on any atom is -0.326 e. The van der Waals surface area contributed by atoms with Gasteiger partial charge in [0.05, 0.1) is 0 Å². The molecule has 1 aromatic carbocycles. The second kappa shape index (κ2) is 7.61. The summed E-state index contributed by atoms with van der Waals surface area (Å²) in [7, 11) is 0. The van der Waals surface area contributed by atoms with Crippen LogP contribution in [0.4, 0.5) is 16.2 Å². The van der Waals surface area contributed by atoms with Crippen molar-refractivity contribution in [3.63, 3.8) is 0 Å². The van der Waals surface area contributed by atoms with Crippen molar-refractivity contribution in [2.45, 2.75) is 52.0 Å². The van der Waals surface area contributed by atoms with Crippen LogP contribution in [0.1, 0.15) is 45.1 Å². The number of nitrogens with zero attached hydrogens (tertiary/aromatic N) is 1. The van der Waals surface area contributed by atoms with Gasteiger partial charge < -0.3 is 16.0 Å². The smallest absolute Gasteiger partial charge is 0.325 e. The third-order valence-electron chi connectivity index (χ3n) is 5.31. The maximum atomic E-state index is 12.6. The highest BCUT2D eigenvalue weighted by Gasteiger charge is 2.52. The quantitative estimate of drug-likeness (QED) is 0.675. The van der Waals surface area contributed by atoms with Gasteiger partial charge in [-0.05, 0) is 37.5 Å². The first kappa shape index (κ1) is 19.9. The second-order valence-corrected chi connectivity index (χ2v) is 7.83. The van der Waals surface area contributed by atoms with Crippen molar-refractivity contribution in [1.82, 2.24) is 10.2 Å². The van der Waals surface area contributed by atoms with Gasteiger partial charge in [-0.3, -0.25) is 19.3 Å². The number of rotatable bonds is 5. The third-order valence-corrected chi connectivity index (χ3v) is 5.31. The molecular weight excluding hydrogens is 360 g/mol. The lowest BCUT2D eigenvalue weighted by molar-refractivity contribution is -0.133. The highest BCUT2D eigenvalue weighted by atomic mass is 16.2. The van der Waals surface area contributed by atoms with Gasteiger partial charge in [-0.15, -0.1) is 0 Å². The van der Waals surface area contributed by atoms with E-state index in [1.165, 1.54) is 0 Å². The van der Waals surface area contributed by atoms with E-state index < -0.39 is 17.5 Å². The van der Waals surface area contributed by atoms with Crippen molar-refractivity contribution in [1.29, 1.82) is 0 Å². The highest BCUT2D eigenvalue weighted by Crippen LogP contribution is 2.35. The number of imide groups is 1. The van der Waals surface area contributed by atoms with Crippen molar-refractivity contribution in [2.24, 2.45) is 5.92 Å². The largest absolute Gasteiger partial charge is 0.326 e. The van der Waals surface area contributed by atoms with Gasteiger partial charge >= 0.3 is 6.03 Å². The number of aryl methyl sites for hydroxylation is 1. The molecule has 1 aromatic rings. The number of carbonyl (C=O) groups is 4. The van der Waals surface area contributed by atoms with Crippen molar-refractivity contribution in [3.05, 3.63) is 23.8 Å². The zero-order valence-electron chi connectivity index (χ0n) is 16.4. The summed E-state index contributed by atoms with van der Waals surface area (Å²) in [6.07, 6.45) is 3.01. The standard InChI is InChI=1S/C20H26N4O4/c1-12(2)17(26)21-14-7-6-13(3)15(10-14)22-16(25)11-24-18(27)20(23-19(24)28)8-4-5-9-20/h6-7,10,12H,4-5,8-9,11H2,1-3H3,(H,21,26)(H,22,25)(H,23,28). The molecule has 2 aliphatic rings. The van der Waals surface area contributed by atoms with E-state index in [4.69, 9.17) is 0 Å². The molecule has 0 radical (unpaired) electrons. The van der Waals surface area contributed by atoms with Crippen LogP contribution >= 0.6 is 0 Å². The summed E-state index contributed by atoms with van der Waals surface area (Å²) in [5.74, 6) is -1.07. The van der Waals surface area contributed by atoms with Crippen LogP contribution in [0, 0.1) is 12.8 Å². The molecule has 3 N–H and O–H groups in total. The topological polar surface area (TPSA) is 108 Å². The summed E-state index contributed by atoms with van der Waals surface area (Å²) in [6.45, 7) is 5.07. The fourth-order valence-electron chi connectivity index (χ4n) is 3.59. The Morgan fingerprint density at radius 3 is 2.50 bits per heavy atom. The number of nitrogens with one attached hydrogen (secondary N) is 3. The van der Waals surface area contributed by atoms with E-state index in [2.05, 4.69) is 16.0 Å². The Kier molecular flexibility index (Phi) is 5.40. The molecule has 0 bridgehead atoms. The van der Waals surface area contributed by atoms with Gasteiger partial charge in [0.1, 0.15) is 12.1 Å². The van der Waals surface area contributed by atoms with Crippen LogP contribution in [0.25, 0.3) is 0 Å². The summed E-state index contributed by atoms with van der Waals surface area (Å²) < 4.78 is 0. The van der Waals surface area contributed by atoms with Crippen molar-refractivity contribution in [2.75, 3.05) is 17.2 Å². The fourth-order valence-corrected chi connectivity index (χ4v) is 3.59. The number of amides is 5. The molecule has 5 amide bonds. The zero-order valence-corrected chi connectivity index (χ0v) is 16.4. The number of anilines is 2. The van der Waals surface area contributed by atoms with Gasteiger partial charge in [0.2, 0.25) is 11.8 Å². The van der Waals surface area contributed by atoms with Crippen LogP contribution in [0.5, 0.6) is 0 Å². The third kappa shape index (κ3) is 3.85. The number of carbonyl (C=O) groups excluding carboxylic acids is 4. The van der Waals surface area contributed by atoms with Crippen LogP contribution in [0.15, 0.2) is 18.2 Å². The molecule has 150 valence electrons. The number of hydrogen-bond donors (Lipinski definition) is 3. The Balaban J connectivity index is 1.67. The maximum absolute atomic E-state index is 12.6. The molecule has 0 aromatic heterocycles. The number of hydrogen-bond acceptors (Lipinski definition) is 4. The molecule has 8 nitrogen and oxygen atoms in total. The average Bonchev–Trinajstić information content (AvgIpc) is 3.19. The van der Waals surface area contributed by atoms with Crippen LogP contribution in [-0.2, 0) is 14.4 Å². The van der Waals surface area contributed by atoms with Crippen LogP contribution < -0.4 is 16.0 Å². The normalized spacial score (nSPS) is 17.9. The first-order valence-electron chi connectivity index (χ1n) is 9.57. The van der Waals surface area contributed by atoms with E-state index in [1.807, 2.05) is 6.92 Å². The van der Waals surface area contributed by atoms with Crippen LogP contribution in [-0.4, -0.2) is 40.7 Å². The summed E-state index contributed by atoms with van der Waals surface area (Å²) in [5, 5.41) is 8.28. The zero-order chi connectivity index (χ0) is 20.5. The first-order valence-corrected chi connectivity index (χ1v) is 9.57. The molecule has 1 heterocycles. The summed E-state index contributed by atoms with van der Waals surface area (Å²) in [4.78, 5) is 50.2. The lowest BCUT2D eigenvalue weighted by atomic mass is 9.98. The van der Waals surface area contributed by atoms with Gasteiger partial charge in [-0.25, -0.2) is 4.79 Å². The van der Waals surface area contributed by atoms with Crippen molar-refractivity contribution in [3.8, 4) is 0 Å². The summed E-state index contributed by atoms with van der Waals surface area (Å²) in [6, 6.07) is 4.69. The Labute approximate surface area is 164 Å². The minimum atomic E-state index is -0.825. The SMILES string of the molecule is Cc1ccc(NC(=O)C(C)C)cc1NC(=O)CN1C(=O)NC2(CCCC2)C1=O. The van der Waals surface area contributed by atoms with Gasteiger partial charge in [-0.1, -0.05) is 32.8 Å². The van der Waals surface area contributed by atoms with Crippen molar-refractivity contribution >= 4 is 35.1 Å².